The number of carbonyl (C=O) groups is 1. The molecule has 0 aliphatic carbocycles. The molecule has 2 amide bonds. The van der Waals surface area contributed by atoms with Gasteiger partial charge in [0.2, 0.25) is 0 Å². The summed E-state index contributed by atoms with van der Waals surface area (Å²) in [5.41, 5.74) is 3.69. The molecule has 1 saturated heterocycles. The first-order chi connectivity index (χ1) is 15.0. The topological polar surface area (TPSA) is 65.2 Å². The van der Waals surface area contributed by atoms with Crippen molar-refractivity contribution in [3.63, 3.8) is 0 Å². The number of para-hydroxylation sites is 1. The van der Waals surface area contributed by atoms with Crippen molar-refractivity contribution in [3.8, 4) is 6.07 Å². The Hall–Kier alpha value is -3.59. The van der Waals surface area contributed by atoms with Gasteiger partial charge in [0.05, 0.1) is 36.2 Å². The molecule has 1 fully saturated rings. The van der Waals surface area contributed by atoms with Gasteiger partial charge in [-0.15, -0.1) is 0 Å². The number of nitriles is 1. The third-order valence-electron chi connectivity index (χ3n) is 5.64. The highest BCUT2D eigenvalue weighted by Crippen LogP contribution is 2.29. The van der Waals surface area contributed by atoms with Crippen molar-refractivity contribution in [2.24, 2.45) is 5.92 Å². The van der Waals surface area contributed by atoms with Crippen LogP contribution in [0.1, 0.15) is 37.1 Å². The van der Waals surface area contributed by atoms with Crippen LogP contribution in [0.2, 0.25) is 0 Å². The second-order valence-corrected chi connectivity index (χ2v) is 8.47. The molecule has 3 aromatic rings. The Balaban J connectivity index is 1.52. The number of benzene rings is 2. The van der Waals surface area contributed by atoms with Crippen LogP contribution in [0.15, 0.2) is 67.1 Å². The molecule has 2 heterocycles. The van der Waals surface area contributed by atoms with Gasteiger partial charge in [0.1, 0.15) is 0 Å². The summed E-state index contributed by atoms with van der Waals surface area (Å²) in [4.78, 5) is 21.5. The lowest BCUT2D eigenvalue weighted by Gasteiger charge is -2.24. The second-order valence-electron chi connectivity index (χ2n) is 8.47. The van der Waals surface area contributed by atoms with Crippen LogP contribution < -0.4 is 4.90 Å². The zero-order valence-electron chi connectivity index (χ0n) is 18.0. The zero-order valence-corrected chi connectivity index (χ0v) is 18.0. The summed E-state index contributed by atoms with van der Waals surface area (Å²) < 4.78 is 2.07. The van der Waals surface area contributed by atoms with Crippen molar-refractivity contribution >= 4 is 11.7 Å². The summed E-state index contributed by atoms with van der Waals surface area (Å²) >= 11 is 0. The van der Waals surface area contributed by atoms with E-state index in [-0.39, 0.29) is 12.1 Å². The van der Waals surface area contributed by atoms with Crippen molar-refractivity contribution in [2.45, 2.75) is 39.4 Å². The molecule has 0 saturated carbocycles. The summed E-state index contributed by atoms with van der Waals surface area (Å²) in [5.74, 6) is 0.505. The number of amides is 2. The largest absolute Gasteiger partial charge is 0.329 e. The Kier molecular flexibility index (Phi) is 6.03. The van der Waals surface area contributed by atoms with Gasteiger partial charge in [-0.1, -0.05) is 44.2 Å². The molecule has 6 nitrogen and oxygen atoms in total. The SMILES string of the molecule is CC(C)CC1CN(Cc2cncn2Cc2ccc(C#N)cc2)C(=O)N1c1ccccc1. The van der Waals surface area contributed by atoms with E-state index >= 15 is 0 Å². The Morgan fingerprint density at radius 1 is 1.10 bits per heavy atom. The maximum atomic E-state index is 13.4. The fraction of sp³-hybridized carbons (Fsp3) is 0.320. The minimum Gasteiger partial charge on any atom is -0.329 e. The maximum Gasteiger partial charge on any atom is 0.325 e. The first-order valence-corrected chi connectivity index (χ1v) is 10.7. The van der Waals surface area contributed by atoms with E-state index in [9.17, 15) is 4.79 Å². The normalized spacial score (nSPS) is 16.2. The average Bonchev–Trinajstić information content (AvgIpc) is 3.33. The highest BCUT2D eigenvalue weighted by molar-refractivity contribution is 5.95. The Bertz CT molecular complexity index is 1070. The number of nitrogens with zero attached hydrogens (tertiary/aromatic N) is 5. The molecule has 0 bridgehead atoms. The number of hydrogen-bond donors (Lipinski definition) is 0. The number of anilines is 1. The van der Waals surface area contributed by atoms with E-state index < -0.39 is 0 Å². The van der Waals surface area contributed by atoms with Gasteiger partial charge in [-0.2, -0.15) is 5.26 Å². The van der Waals surface area contributed by atoms with Crippen molar-refractivity contribution in [1.82, 2.24) is 14.5 Å². The molecule has 1 unspecified atom stereocenters. The summed E-state index contributed by atoms with van der Waals surface area (Å²) in [5, 5.41) is 8.99. The minimum atomic E-state index is 0.0444. The smallest absolute Gasteiger partial charge is 0.325 e. The molecule has 0 radical (unpaired) electrons. The molecule has 31 heavy (non-hydrogen) atoms. The first kappa shape index (κ1) is 20.7. The van der Waals surface area contributed by atoms with E-state index in [0.717, 1.165) is 23.4 Å². The zero-order chi connectivity index (χ0) is 21.8. The van der Waals surface area contributed by atoms with Gasteiger partial charge < -0.3 is 9.47 Å². The third-order valence-corrected chi connectivity index (χ3v) is 5.64. The quantitative estimate of drug-likeness (QED) is 0.566. The van der Waals surface area contributed by atoms with E-state index in [2.05, 4.69) is 29.5 Å². The summed E-state index contributed by atoms with van der Waals surface area (Å²) in [6.45, 7) is 6.27. The highest BCUT2D eigenvalue weighted by atomic mass is 16.2. The van der Waals surface area contributed by atoms with E-state index in [0.29, 0.717) is 31.1 Å². The molecule has 6 heteroatoms. The lowest BCUT2D eigenvalue weighted by molar-refractivity contribution is 0.217. The predicted molar refractivity (Wildman–Crippen MR) is 120 cm³/mol. The molecule has 0 spiro atoms. The molecule has 158 valence electrons. The number of urea groups is 1. The first-order valence-electron chi connectivity index (χ1n) is 10.7. The Morgan fingerprint density at radius 2 is 1.84 bits per heavy atom. The third kappa shape index (κ3) is 4.61. The fourth-order valence-electron chi connectivity index (χ4n) is 4.19. The molecule has 1 atom stereocenters. The highest BCUT2D eigenvalue weighted by Gasteiger charge is 2.38. The van der Waals surface area contributed by atoms with E-state index in [1.165, 1.54) is 0 Å². The van der Waals surface area contributed by atoms with Gasteiger partial charge in [-0.05, 0) is 42.2 Å². The van der Waals surface area contributed by atoms with Crippen LogP contribution in [0.25, 0.3) is 0 Å². The monoisotopic (exact) mass is 413 g/mol. The Morgan fingerprint density at radius 3 is 2.52 bits per heavy atom. The van der Waals surface area contributed by atoms with Gasteiger partial charge >= 0.3 is 6.03 Å². The van der Waals surface area contributed by atoms with Crippen LogP contribution in [0, 0.1) is 17.2 Å². The second kappa shape index (κ2) is 9.05. The van der Waals surface area contributed by atoms with Gasteiger partial charge in [0, 0.05) is 25.0 Å². The number of hydrogen-bond acceptors (Lipinski definition) is 3. The minimum absolute atomic E-state index is 0.0444. The van der Waals surface area contributed by atoms with Crippen molar-refractivity contribution in [3.05, 3.63) is 83.9 Å². The van der Waals surface area contributed by atoms with E-state index in [4.69, 9.17) is 5.26 Å². The van der Waals surface area contributed by atoms with Crippen LogP contribution in [0.3, 0.4) is 0 Å². The lowest BCUT2D eigenvalue weighted by atomic mass is 10.0. The molecular formula is C25H27N5O. The average molecular weight is 414 g/mol. The van der Waals surface area contributed by atoms with Crippen LogP contribution in [-0.4, -0.2) is 33.1 Å². The lowest BCUT2D eigenvalue weighted by Crippen LogP contribution is -2.35. The van der Waals surface area contributed by atoms with Crippen molar-refractivity contribution < 1.29 is 4.79 Å². The van der Waals surface area contributed by atoms with E-state index in [1.807, 2.05) is 70.6 Å². The number of carbonyl (C=O) groups excluding carboxylic acids is 1. The van der Waals surface area contributed by atoms with Crippen LogP contribution in [0.4, 0.5) is 10.5 Å². The van der Waals surface area contributed by atoms with Gasteiger partial charge in [0.15, 0.2) is 0 Å². The molecule has 1 aliphatic heterocycles. The number of rotatable bonds is 7. The van der Waals surface area contributed by atoms with Crippen molar-refractivity contribution in [2.75, 3.05) is 11.4 Å². The predicted octanol–water partition coefficient (Wildman–Crippen LogP) is 4.66. The summed E-state index contributed by atoms with van der Waals surface area (Å²) in [6.07, 6.45) is 4.59. The molecule has 1 aromatic heterocycles. The molecule has 0 N–H and O–H groups in total. The van der Waals surface area contributed by atoms with Crippen LogP contribution in [-0.2, 0) is 13.1 Å². The van der Waals surface area contributed by atoms with Crippen LogP contribution in [0.5, 0.6) is 0 Å². The molecule has 2 aromatic carbocycles. The number of imidazole rings is 1. The van der Waals surface area contributed by atoms with Gasteiger partial charge in [-0.3, -0.25) is 4.90 Å². The molecule has 1 aliphatic rings. The van der Waals surface area contributed by atoms with Crippen LogP contribution >= 0.6 is 0 Å². The fourth-order valence-corrected chi connectivity index (χ4v) is 4.19. The van der Waals surface area contributed by atoms with Gasteiger partial charge in [0.25, 0.3) is 0 Å². The van der Waals surface area contributed by atoms with Crippen molar-refractivity contribution in [1.29, 1.82) is 5.26 Å². The summed E-state index contributed by atoms with van der Waals surface area (Å²) in [7, 11) is 0. The maximum absolute atomic E-state index is 13.4. The van der Waals surface area contributed by atoms with Gasteiger partial charge in [-0.25, -0.2) is 9.78 Å². The molecular weight excluding hydrogens is 386 g/mol. The standard InChI is InChI=1S/C25H27N5O/c1-19(2)12-23-16-28(25(31)30(23)22-6-4-3-5-7-22)17-24-14-27-18-29(24)15-21-10-8-20(13-26)9-11-21/h3-11,14,18-19,23H,12,15-17H2,1-2H3. The Labute approximate surface area is 183 Å². The number of aromatic nitrogens is 2. The summed E-state index contributed by atoms with van der Waals surface area (Å²) in [6, 6.07) is 19.8. The van der Waals surface area contributed by atoms with E-state index in [1.54, 1.807) is 6.33 Å². The molecule has 4 rings (SSSR count).